The first-order valence-corrected chi connectivity index (χ1v) is 8.65. The first-order valence-electron chi connectivity index (χ1n) is 8.27. The third-order valence-electron chi connectivity index (χ3n) is 4.62. The average Bonchev–Trinajstić information content (AvgIpc) is 2.62. The Morgan fingerprint density at radius 2 is 1.80 bits per heavy atom. The number of benzene rings is 2. The molecule has 0 spiro atoms. The predicted octanol–water partition coefficient (Wildman–Crippen LogP) is 3.84. The van der Waals surface area contributed by atoms with E-state index in [0.29, 0.717) is 16.6 Å². The van der Waals surface area contributed by atoms with Gasteiger partial charge >= 0.3 is 0 Å². The normalized spacial score (nSPS) is 15.7. The first-order chi connectivity index (χ1) is 12.1. The second kappa shape index (κ2) is 6.58. The van der Waals surface area contributed by atoms with Gasteiger partial charge in [-0.15, -0.1) is 0 Å². The number of aromatic nitrogens is 2. The van der Waals surface area contributed by atoms with Crippen LogP contribution in [0, 0.1) is 5.82 Å². The molecule has 0 N–H and O–H groups in total. The highest BCUT2D eigenvalue weighted by molar-refractivity contribution is 6.28. The van der Waals surface area contributed by atoms with Crippen LogP contribution in [0.2, 0.25) is 5.28 Å². The van der Waals surface area contributed by atoms with Crippen molar-refractivity contribution in [3.8, 4) is 11.3 Å². The second-order valence-electron chi connectivity index (χ2n) is 6.34. The molecule has 3 aromatic rings. The van der Waals surface area contributed by atoms with E-state index >= 15 is 0 Å². The van der Waals surface area contributed by atoms with Gasteiger partial charge in [-0.2, -0.15) is 0 Å². The van der Waals surface area contributed by atoms with Crippen molar-refractivity contribution in [3.63, 3.8) is 0 Å². The topological polar surface area (TPSA) is 32.3 Å². The van der Waals surface area contributed by atoms with Crippen molar-refractivity contribution < 1.29 is 4.39 Å². The molecule has 0 bridgehead atoms. The Labute approximate surface area is 150 Å². The van der Waals surface area contributed by atoms with E-state index in [-0.39, 0.29) is 11.1 Å². The Morgan fingerprint density at radius 1 is 1.00 bits per heavy atom. The molecule has 1 saturated heterocycles. The smallest absolute Gasteiger partial charge is 0.223 e. The summed E-state index contributed by atoms with van der Waals surface area (Å²) in [5.41, 5.74) is 3.35. The van der Waals surface area contributed by atoms with E-state index in [0.717, 1.165) is 37.4 Å². The van der Waals surface area contributed by atoms with Gasteiger partial charge in [-0.1, -0.05) is 12.1 Å². The lowest BCUT2D eigenvalue weighted by atomic mass is 10.1. The van der Waals surface area contributed by atoms with Gasteiger partial charge in [-0.05, 0) is 49.0 Å². The number of hydrogen-bond acceptors (Lipinski definition) is 4. The van der Waals surface area contributed by atoms with Gasteiger partial charge in [0.15, 0.2) is 0 Å². The molecule has 6 heteroatoms. The Kier molecular flexibility index (Phi) is 4.27. The maximum Gasteiger partial charge on any atom is 0.223 e. The molecule has 0 radical (unpaired) electrons. The summed E-state index contributed by atoms with van der Waals surface area (Å²) >= 11 is 6.09. The van der Waals surface area contributed by atoms with Crippen LogP contribution in [0.5, 0.6) is 0 Å². The minimum atomic E-state index is -0.310. The number of nitrogens with zero attached hydrogens (tertiary/aromatic N) is 4. The number of rotatable bonds is 2. The summed E-state index contributed by atoms with van der Waals surface area (Å²) < 4.78 is 13.7. The average molecular weight is 357 g/mol. The number of anilines is 1. The van der Waals surface area contributed by atoms with E-state index < -0.39 is 0 Å². The molecule has 0 atom stereocenters. The van der Waals surface area contributed by atoms with Crippen molar-refractivity contribution >= 4 is 28.2 Å². The minimum absolute atomic E-state index is 0.166. The Bertz CT molecular complexity index is 922. The maximum absolute atomic E-state index is 13.7. The number of halogens is 2. The lowest BCUT2D eigenvalue weighted by molar-refractivity contribution is 0.313. The summed E-state index contributed by atoms with van der Waals surface area (Å²) in [5.74, 6) is -0.310. The third kappa shape index (κ3) is 3.30. The molecule has 0 unspecified atom stereocenters. The van der Waals surface area contributed by atoms with Gasteiger partial charge in [0.1, 0.15) is 5.82 Å². The number of piperazine rings is 1. The first kappa shape index (κ1) is 16.2. The van der Waals surface area contributed by atoms with Gasteiger partial charge in [0.05, 0.1) is 11.2 Å². The van der Waals surface area contributed by atoms with Crippen molar-refractivity contribution in [2.24, 2.45) is 0 Å². The molecule has 1 aromatic heterocycles. The fourth-order valence-corrected chi connectivity index (χ4v) is 3.38. The standard InChI is InChI=1S/C19H18ClFN4/c1-24-7-9-25(10-8-24)15-4-2-3-13(11-15)18-16-12-14(21)5-6-17(16)22-19(20)23-18/h2-6,11-12H,7-10H2,1H3. The maximum atomic E-state index is 13.7. The molecule has 25 heavy (non-hydrogen) atoms. The summed E-state index contributed by atoms with van der Waals surface area (Å²) in [6, 6.07) is 12.6. The van der Waals surface area contributed by atoms with Crippen molar-refractivity contribution in [1.82, 2.24) is 14.9 Å². The van der Waals surface area contributed by atoms with Crippen molar-refractivity contribution in [3.05, 3.63) is 53.6 Å². The van der Waals surface area contributed by atoms with Crippen LogP contribution in [-0.2, 0) is 0 Å². The van der Waals surface area contributed by atoms with E-state index in [2.05, 4.69) is 38.9 Å². The number of fused-ring (bicyclic) bond motifs is 1. The predicted molar refractivity (Wildman–Crippen MR) is 99.7 cm³/mol. The Hall–Kier alpha value is -2.24. The third-order valence-corrected chi connectivity index (χ3v) is 4.79. The van der Waals surface area contributed by atoms with Gasteiger partial charge in [0.25, 0.3) is 0 Å². The fraction of sp³-hybridized carbons (Fsp3) is 0.263. The molecule has 2 heterocycles. The van der Waals surface area contributed by atoms with Crippen molar-refractivity contribution in [2.45, 2.75) is 0 Å². The molecule has 0 saturated carbocycles. The van der Waals surface area contributed by atoms with E-state index in [1.807, 2.05) is 12.1 Å². The van der Waals surface area contributed by atoms with Crippen molar-refractivity contribution in [2.75, 3.05) is 38.1 Å². The molecule has 1 fully saturated rings. The zero-order valence-electron chi connectivity index (χ0n) is 13.9. The number of likely N-dealkylation sites (N-methyl/N-ethyl adjacent to an activating group) is 1. The van der Waals surface area contributed by atoms with Crippen LogP contribution < -0.4 is 4.90 Å². The fourth-order valence-electron chi connectivity index (χ4n) is 3.21. The molecular formula is C19H18ClFN4. The van der Waals surface area contributed by atoms with E-state index in [9.17, 15) is 4.39 Å². The molecule has 1 aliphatic rings. The van der Waals surface area contributed by atoms with E-state index in [4.69, 9.17) is 11.6 Å². The lowest BCUT2D eigenvalue weighted by Crippen LogP contribution is -2.44. The van der Waals surface area contributed by atoms with Gasteiger partial charge in [-0.25, -0.2) is 14.4 Å². The molecule has 128 valence electrons. The Balaban J connectivity index is 1.79. The molecular weight excluding hydrogens is 339 g/mol. The summed E-state index contributed by atoms with van der Waals surface area (Å²) in [6.45, 7) is 4.05. The van der Waals surface area contributed by atoms with Gasteiger partial charge in [0.2, 0.25) is 5.28 Å². The molecule has 1 aliphatic heterocycles. The molecule has 4 nitrogen and oxygen atoms in total. The van der Waals surface area contributed by atoms with Crippen LogP contribution >= 0.6 is 11.6 Å². The largest absolute Gasteiger partial charge is 0.369 e. The molecule has 4 rings (SSSR count). The van der Waals surface area contributed by atoms with Gasteiger partial charge in [0, 0.05) is 42.8 Å². The summed E-state index contributed by atoms with van der Waals surface area (Å²) in [5, 5.41) is 0.832. The highest BCUT2D eigenvalue weighted by Crippen LogP contribution is 2.30. The summed E-state index contributed by atoms with van der Waals surface area (Å²) in [4.78, 5) is 13.2. The van der Waals surface area contributed by atoms with Crippen LogP contribution in [0.1, 0.15) is 0 Å². The van der Waals surface area contributed by atoms with Gasteiger partial charge < -0.3 is 9.80 Å². The zero-order chi connectivity index (χ0) is 17.4. The highest BCUT2D eigenvalue weighted by atomic mass is 35.5. The number of hydrogen-bond donors (Lipinski definition) is 0. The van der Waals surface area contributed by atoms with Crippen molar-refractivity contribution in [1.29, 1.82) is 0 Å². The van der Waals surface area contributed by atoms with Crippen LogP contribution in [0.3, 0.4) is 0 Å². The van der Waals surface area contributed by atoms with E-state index in [1.54, 1.807) is 6.07 Å². The highest BCUT2D eigenvalue weighted by Gasteiger charge is 2.16. The van der Waals surface area contributed by atoms with Crippen LogP contribution in [-0.4, -0.2) is 48.1 Å². The lowest BCUT2D eigenvalue weighted by Gasteiger charge is -2.34. The van der Waals surface area contributed by atoms with Gasteiger partial charge in [-0.3, -0.25) is 0 Å². The molecule has 0 aliphatic carbocycles. The van der Waals surface area contributed by atoms with E-state index in [1.165, 1.54) is 12.1 Å². The SMILES string of the molecule is CN1CCN(c2cccc(-c3nc(Cl)nc4ccc(F)cc34)c2)CC1. The van der Waals surface area contributed by atoms with Crippen LogP contribution in [0.4, 0.5) is 10.1 Å². The second-order valence-corrected chi connectivity index (χ2v) is 6.68. The zero-order valence-corrected chi connectivity index (χ0v) is 14.7. The monoisotopic (exact) mass is 356 g/mol. The molecule has 0 amide bonds. The summed E-state index contributed by atoms with van der Waals surface area (Å²) in [6.07, 6.45) is 0. The van der Waals surface area contributed by atoms with Crippen LogP contribution in [0.25, 0.3) is 22.2 Å². The Morgan fingerprint density at radius 3 is 2.60 bits per heavy atom. The van der Waals surface area contributed by atoms with Crippen LogP contribution in [0.15, 0.2) is 42.5 Å². The quantitative estimate of drug-likeness (QED) is 0.653. The summed E-state index contributed by atoms with van der Waals surface area (Å²) in [7, 11) is 2.14. The minimum Gasteiger partial charge on any atom is -0.369 e. The molecule has 2 aromatic carbocycles.